The van der Waals surface area contributed by atoms with Gasteiger partial charge in [-0.05, 0) is 27.7 Å². The van der Waals surface area contributed by atoms with Gasteiger partial charge in [0.05, 0.1) is 6.10 Å². The molecule has 0 bridgehead atoms. The van der Waals surface area contributed by atoms with Gasteiger partial charge in [0.25, 0.3) is 0 Å². The van der Waals surface area contributed by atoms with Crippen molar-refractivity contribution in [2.24, 2.45) is 5.73 Å². The minimum Gasteiger partial charge on any atom is -0.345 e. The lowest BCUT2D eigenvalue weighted by molar-refractivity contribution is -0.156. The molecule has 88 valence electrons. The van der Waals surface area contributed by atoms with Crippen LogP contribution in [0.15, 0.2) is 0 Å². The maximum absolute atomic E-state index is 10.9. The van der Waals surface area contributed by atoms with Crippen LogP contribution in [-0.2, 0) is 14.3 Å². The summed E-state index contributed by atoms with van der Waals surface area (Å²) >= 11 is 0. The second kappa shape index (κ2) is 5.34. The monoisotopic (exact) mass is 216 g/mol. The minimum absolute atomic E-state index is 0.235. The van der Waals surface area contributed by atoms with Crippen LogP contribution in [0.3, 0.4) is 0 Å². The normalized spacial score (nSPS) is 12.9. The van der Waals surface area contributed by atoms with Gasteiger partial charge in [0.15, 0.2) is 12.6 Å². The van der Waals surface area contributed by atoms with Crippen molar-refractivity contribution in [3.63, 3.8) is 0 Å². The molecule has 0 aromatic heterocycles. The van der Waals surface area contributed by atoms with E-state index < -0.39 is 11.3 Å². The van der Waals surface area contributed by atoms with E-state index in [1.54, 1.807) is 27.7 Å². The molecule has 3 N–H and O–H groups in total. The fraction of sp³-hybridized carbons (Fsp3) is 0.800. The standard InChI is InChI=1S/C10H20N2O3/c1-8(2)15-10(6-13,7-14)12-9(3,4)5-11/h6-8,12H,5,11H2,1-4H3. The largest absolute Gasteiger partial charge is 0.345 e. The van der Waals surface area contributed by atoms with Crippen molar-refractivity contribution in [3.8, 4) is 0 Å². The van der Waals surface area contributed by atoms with Gasteiger partial charge in [-0.3, -0.25) is 14.9 Å². The number of hydrogen-bond donors (Lipinski definition) is 2. The van der Waals surface area contributed by atoms with Gasteiger partial charge in [0, 0.05) is 12.1 Å². The number of ether oxygens (including phenoxy) is 1. The summed E-state index contributed by atoms with van der Waals surface area (Å²) < 4.78 is 5.27. The summed E-state index contributed by atoms with van der Waals surface area (Å²) in [5.41, 5.74) is 3.36. The summed E-state index contributed by atoms with van der Waals surface area (Å²) in [6.45, 7) is 7.37. The predicted octanol–water partition coefficient (Wildman–Crippen LogP) is -0.168. The first kappa shape index (κ1) is 14.2. The van der Waals surface area contributed by atoms with Crippen LogP contribution in [0.4, 0.5) is 0 Å². The maximum atomic E-state index is 10.9. The number of nitrogens with two attached hydrogens (primary N) is 1. The van der Waals surface area contributed by atoms with E-state index in [1.165, 1.54) is 0 Å². The van der Waals surface area contributed by atoms with Crippen molar-refractivity contribution in [1.82, 2.24) is 5.32 Å². The Morgan fingerprint density at radius 1 is 1.33 bits per heavy atom. The van der Waals surface area contributed by atoms with E-state index >= 15 is 0 Å². The second-order valence-corrected chi connectivity index (χ2v) is 4.41. The van der Waals surface area contributed by atoms with Crippen molar-refractivity contribution in [2.75, 3.05) is 6.54 Å². The highest BCUT2D eigenvalue weighted by Gasteiger charge is 2.36. The minimum atomic E-state index is -1.60. The molecule has 0 saturated heterocycles. The molecule has 0 amide bonds. The van der Waals surface area contributed by atoms with E-state index in [9.17, 15) is 9.59 Å². The number of rotatable bonds is 7. The van der Waals surface area contributed by atoms with Crippen LogP contribution < -0.4 is 11.1 Å². The maximum Gasteiger partial charge on any atom is 0.233 e. The third-order valence-corrected chi connectivity index (χ3v) is 1.82. The van der Waals surface area contributed by atoms with Crippen molar-refractivity contribution in [3.05, 3.63) is 0 Å². The predicted molar refractivity (Wildman–Crippen MR) is 57.3 cm³/mol. The third-order valence-electron chi connectivity index (χ3n) is 1.82. The molecule has 0 spiro atoms. The molecule has 5 heteroatoms. The first-order valence-electron chi connectivity index (χ1n) is 4.91. The van der Waals surface area contributed by atoms with Crippen LogP contribution in [0.2, 0.25) is 0 Å². The van der Waals surface area contributed by atoms with E-state index in [-0.39, 0.29) is 12.6 Å². The molecule has 0 aromatic rings. The van der Waals surface area contributed by atoms with Crippen molar-refractivity contribution < 1.29 is 14.3 Å². The zero-order valence-corrected chi connectivity index (χ0v) is 9.74. The first-order chi connectivity index (χ1) is 6.81. The molecule has 0 aliphatic carbocycles. The Morgan fingerprint density at radius 3 is 2.07 bits per heavy atom. The zero-order chi connectivity index (χ0) is 12.1. The van der Waals surface area contributed by atoms with Gasteiger partial charge in [0.2, 0.25) is 5.72 Å². The van der Waals surface area contributed by atoms with Gasteiger partial charge in [-0.2, -0.15) is 0 Å². The van der Waals surface area contributed by atoms with E-state index in [1.807, 2.05) is 0 Å². The van der Waals surface area contributed by atoms with Crippen LogP contribution in [0.1, 0.15) is 27.7 Å². The van der Waals surface area contributed by atoms with Crippen molar-refractivity contribution in [2.45, 2.75) is 45.1 Å². The Balaban J connectivity index is 4.78. The van der Waals surface area contributed by atoms with E-state index in [0.29, 0.717) is 12.6 Å². The van der Waals surface area contributed by atoms with E-state index in [2.05, 4.69) is 5.32 Å². The molecule has 0 aromatic carbocycles. The highest BCUT2D eigenvalue weighted by molar-refractivity contribution is 5.87. The molecule has 0 heterocycles. The highest BCUT2D eigenvalue weighted by atomic mass is 16.5. The van der Waals surface area contributed by atoms with Gasteiger partial charge in [0.1, 0.15) is 0 Å². The fourth-order valence-electron chi connectivity index (χ4n) is 1.14. The van der Waals surface area contributed by atoms with Crippen LogP contribution in [0, 0.1) is 0 Å². The summed E-state index contributed by atoms with van der Waals surface area (Å²) in [6.07, 6.45) is 0.677. The Bertz CT molecular complexity index is 219. The van der Waals surface area contributed by atoms with Crippen LogP contribution in [0.25, 0.3) is 0 Å². The molecule has 0 aliphatic rings. The van der Waals surface area contributed by atoms with Crippen molar-refractivity contribution in [1.29, 1.82) is 0 Å². The number of aldehydes is 2. The molecule has 0 atom stereocenters. The Labute approximate surface area is 90.4 Å². The molecule has 0 saturated carbocycles. The Hall–Kier alpha value is -0.780. The summed E-state index contributed by atoms with van der Waals surface area (Å²) in [5, 5.41) is 2.80. The second-order valence-electron chi connectivity index (χ2n) is 4.41. The molecule has 0 fully saturated rings. The number of hydrogen-bond acceptors (Lipinski definition) is 5. The average Bonchev–Trinajstić information content (AvgIpc) is 2.15. The molecule has 5 nitrogen and oxygen atoms in total. The van der Waals surface area contributed by atoms with Gasteiger partial charge in [-0.1, -0.05) is 0 Å². The Kier molecular flexibility index (Phi) is 5.07. The third kappa shape index (κ3) is 4.51. The van der Waals surface area contributed by atoms with Crippen LogP contribution >= 0.6 is 0 Å². The molecular formula is C10H20N2O3. The van der Waals surface area contributed by atoms with E-state index in [4.69, 9.17) is 10.5 Å². The summed E-state index contributed by atoms with van der Waals surface area (Å²) in [5.74, 6) is 0. The Morgan fingerprint density at radius 2 is 1.80 bits per heavy atom. The molecule has 0 aliphatic heterocycles. The van der Waals surface area contributed by atoms with Crippen LogP contribution in [0.5, 0.6) is 0 Å². The summed E-state index contributed by atoms with van der Waals surface area (Å²) in [6, 6.07) is 0. The molecule has 0 radical (unpaired) electrons. The number of nitrogens with one attached hydrogen (secondary N) is 1. The van der Waals surface area contributed by atoms with Gasteiger partial charge >= 0.3 is 0 Å². The smallest absolute Gasteiger partial charge is 0.233 e. The average molecular weight is 216 g/mol. The molecule has 0 unspecified atom stereocenters. The molecule has 0 rings (SSSR count). The van der Waals surface area contributed by atoms with Gasteiger partial charge in [-0.15, -0.1) is 0 Å². The molecule has 15 heavy (non-hydrogen) atoms. The lowest BCUT2D eigenvalue weighted by Gasteiger charge is -2.34. The highest BCUT2D eigenvalue weighted by Crippen LogP contribution is 2.11. The lowest BCUT2D eigenvalue weighted by Crippen LogP contribution is -2.62. The van der Waals surface area contributed by atoms with Gasteiger partial charge < -0.3 is 10.5 Å². The lowest BCUT2D eigenvalue weighted by atomic mass is 10.0. The number of carbonyl (C=O) groups is 2. The van der Waals surface area contributed by atoms with Crippen LogP contribution in [-0.4, -0.2) is 36.5 Å². The van der Waals surface area contributed by atoms with Crippen molar-refractivity contribution >= 4 is 12.6 Å². The first-order valence-corrected chi connectivity index (χ1v) is 4.91. The molecular weight excluding hydrogens is 196 g/mol. The topological polar surface area (TPSA) is 81.4 Å². The van der Waals surface area contributed by atoms with Gasteiger partial charge in [-0.25, -0.2) is 0 Å². The SMILES string of the molecule is CC(C)OC(C=O)(C=O)NC(C)(C)CN. The zero-order valence-electron chi connectivity index (χ0n) is 9.74. The number of carbonyl (C=O) groups excluding carboxylic acids is 2. The quantitative estimate of drug-likeness (QED) is 0.351. The summed E-state index contributed by atoms with van der Waals surface area (Å²) in [7, 11) is 0. The van der Waals surface area contributed by atoms with E-state index in [0.717, 1.165) is 0 Å². The summed E-state index contributed by atoms with van der Waals surface area (Å²) in [4.78, 5) is 21.9. The fourth-order valence-corrected chi connectivity index (χ4v) is 1.14.